The molecule has 178 valence electrons. The van der Waals surface area contributed by atoms with Crippen LogP contribution < -0.4 is 11.1 Å². The third kappa shape index (κ3) is 4.46. The average molecular weight is 504 g/mol. The van der Waals surface area contributed by atoms with E-state index in [9.17, 15) is 19.7 Å². The first-order valence-electron chi connectivity index (χ1n) is 10.2. The van der Waals surface area contributed by atoms with Gasteiger partial charge in [-0.25, -0.2) is 0 Å². The van der Waals surface area contributed by atoms with Gasteiger partial charge in [0.25, 0.3) is 17.5 Å². The first kappa shape index (κ1) is 23.6. The molecule has 1 saturated heterocycles. The van der Waals surface area contributed by atoms with Crippen molar-refractivity contribution in [1.29, 1.82) is 0 Å². The number of nitrogen functional groups attached to an aromatic ring is 1. The number of nitrogens with one attached hydrogen (secondary N) is 1. The highest BCUT2D eigenvalue weighted by molar-refractivity contribution is 8.00. The van der Waals surface area contributed by atoms with Crippen molar-refractivity contribution in [1.82, 2.24) is 19.6 Å². The molecule has 12 nitrogen and oxygen atoms in total. The Labute approximate surface area is 202 Å². The van der Waals surface area contributed by atoms with Crippen LogP contribution >= 0.6 is 23.3 Å². The molecular formula is C20H21N7O5S2. The fraction of sp³-hybridized carbons (Fsp3) is 0.350. The van der Waals surface area contributed by atoms with Gasteiger partial charge in [0.1, 0.15) is 11.5 Å². The van der Waals surface area contributed by atoms with Crippen LogP contribution in [0.2, 0.25) is 0 Å². The zero-order chi connectivity index (χ0) is 24.5. The maximum absolute atomic E-state index is 13.4. The van der Waals surface area contributed by atoms with Gasteiger partial charge in [-0.1, -0.05) is 23.4 Å². The van der Waals surface area contributed by atoms with Gasteiger partial charge in [0.05, 0.1) is 4.92 Å². The van der Waals surface area contributed by atoms with E-state index in [1.807, 2.05) is 6.08 Å². The quantitative estimate of drug-likeness (QED) is 0.236. The van der Waals surface area contributed by atoms with Crippen LogP contribution in [0, 0.1) is 10.1 Å². The van der Waals surface area contributed by atoms with Crippen LogP contribution in [0.3, 0.4) is 0 Å². The third-order valence-corrected chi connectivity index (χ3v) is 6.97. The zero-order valence-corrected chi connectivity index (χ0v) is 19.8. The SMILES string of the molecule is CC(C)ON=C(C(=O)NC1(Cc2ccc([N+](=O)[O-])cc2)C(=O)N2C=CCS[C@H]21)c1nsc(N)n1. The second kappa shape index (κ2) is 9.38. The van der Waals surface area contributed by atoms with Gasteiger partial charge in [-0.05, 0) is 19.4 Å². The first-order chi connectivity index (χ1) is 16.2. The maximum Gasteiger partial charge on any atom is 0.278 e. The highest BCUT2D eigenvalue weighted by atomic mass is 32.2. The van der Waals surface area contributed by atoms with Crippen molar-refractivity contribution in [3.63, 3.8) is 0 Å². The monoisotopic (exact) mass is 503 g/mol. The van der Waals surface area contributed by atoms with Gasteiger partial charge >= 0.3 is 0 Å². The number of nitro groups is 1. The number of rotatable bonds is 8. The molecule has 14 heteroatoms. The predicted molar refractivity (Wildman–Crippen MR) is 127 cm³/mol. The minimum atomic E-state index is -1.30. The Morgan fingerprint density at radius 3 is 2.79 bits per heavy atom. The lowest BCUT2D eigenvalue weighted by molar-refractivity contribution is -0.384. The summed E-state index contributed by atoms with van der Waals surface area (Å²) in [5, 5.41) is 17.6. The summed E-state index contributed by atoms with van der Waals surface area (Å²) in [5.74, 6) is -0.342. The topological polar surface area (TPSA) is 166 Å². The van der Waals surface area contributed by atoms with Crippen molar-refractivity contribution in [2.75, 3.05) is 11.5 Å². The number of aromatic nitrogens is 2. The van der Waals surface area contributed by atoms with Crippen LogP contribution in [0.25, 0.3) is 0 Å². The van der Waals surface area contributed by atoms with Gasteiger partial charge in [0.15, 0.2) is 10.7 Å². The van der Waals surface area contributed by atoms with E-state index >= 15 is 0 Å². The van der Waals surface area contributed by atoms with Crippen LogP contribution in [0.15, 0.2) is 41.7 Å². The van der Waals surface area contributed by atoms with Gasteiger partial charge < -0.3 is 20.8 Å². The normalized spacial score (nSPS) is 21.7. The van der Waals surface area contributed by atoms with Crippen molar-refractivity contribution in [3.05, 3.63) is 58.0 Å². The Morgan fingerprint density at radius 1 is 1.44 bits per heavy atom. The van der Waals surface area contributed by atoms with Crippen LogP contribution in [0.5, 0.6) is 0 Å². The number of nitrogens with two attached hydrogens (primary N) is 1. The molecule has 2 aliphatic rings. The second-order valence-electron chi connectivity index (χ2n) is 7.86. The average Bonchev–Trinajstić information content (AvgIpc) is 3.24. The lowest BCUT2D eigenvalue weighted by Crippen LogP contribution is -2.79. The molecule has 2 aliphatic heterocycles. The fourth-order valence-electron chi connectivity index (χ4n) is 3.60. The summed E-state index contributed by atoms with van der Waals surface area (Å²) >= 11 is 2.40. The van der Waals surface area contributed by atoms with E-state index in [0.717, 1.165) is 11.5 Å². The van der Waals surface area contributed by atoms with E-state index in [-0.39, 0.29) is 46.2 Å². The molecule has 0 radical (unpaired) electrons. The Hall–Kier alpha value is -3.52. The number of non-ortho nitro benzene ring substituents is 1. The van der Waals surface area contributed by atoms with Gasteiger partial charge in [-0.15, -0.1) is 11.8 Å². The number of nitro benzene ring substituents is 1. The molecule has 2 aromatic rings. The smallest absolute Gasteiger partial charge is 0.278 e. The highest BCUT2D eigenvalue weighted by Gasteiger charge is 2.62. The molecule has 0 spiro atoms. The molecule has 0 saturated carbocycles. The third-order valence-electron chi connectivity index (χ3n) is 5.10. The summed E-state index contributed by atoms with van der Waals surface area (Å²) in [6, 6.07) is 5.88. The number of fused-ring (bicyclic) bond motifs is 1. The van der Waals surface area contributed by atoms with Crippen molar-refractivity contribution >= 4 is 51.6 Å². The molecule has 34 heavy (non-hydrogen) atoms. The number of hydrogen-bond donors (Lipinski definition) is 2. The van der Waals surface area contributed by atoms with Gasteiger partial charge in [-0.3, -0.25) is 19.7 Å². The molecule has 1 aromatic heterocycles. The standard InChI is InChI=1S/C20H21N7O5S2/c1-11(2)32-24-14(15-22-19(21)34-25-15)16(28)23-20(17(29)26-8-3-9-33-18(20)26)10-12-4-6-13(7-5-12)27(30)31/h3-8,11,18H,9-10H2,1-2H3,(H,23,28)(H2,21,22,25)/t18-,20?/m0/s1. The minimum absolute atomic E-state index is 0.00837. The Balaban J connectivity index is 1.67. The number of thioether (sulfide) groups is 1. The number of amides is 2. The largest absolute Gasteiger partial charge is 0.392 e. The van der Waals surface area contributed by atoms with Crippen molar-refractivity contribution in [2.45, 2.75) is 37.3 Å². The fourth-order valence-corrected chi connectivity index (χ4v) is 5.27. The first-order valence-corrected chi connectivity index (χ1v) is 12.0. The van der Waals surface area contributed by atoms with Gasteiger partial charge in [0.2, 0.25) is 11.5 Å². The Bertz CT molecular complexity index is 1180. The number of benzene rings is 1. The number of carbonyl (C=O) groups is 2. The van der Waals surface area contributed by atoms with E-state index < -0.39 is 16.4 Å². The van der Waals surface area contributed by atoms with Crippen LogP contribution in [0.1, 0.15) is 25.2 Å². The molecule has 3 heterocycles. The molecular weight excluding hydrogens is 482 g/mol. The highest BCUT2D eigenvalue weighted by Crippen LogP contribution is 2.43. The van der Waals surface area contributed by atoms with Gasteiger partial charge in [0, 0.05) is 42.0 Å². The van der Waals surface area contributed by atoms with Crippen LogP contribution in [-0.2, 0) is 20.8 Å². The van der Waals surface area contributed by atoms with Crippen LogP contribution in [-0.4, -0.2) is 59.5 Å². The number of oxime groups is 1. The number of carbonyl (C=O) groups excluding carboxylic acids is 2. The summed E-state index contributed by atoms with van der Waals surface area (Å²) < 4.78 is 4.06. The summed E-state index contributed by atoms with van der Waals surface area (Å²) in [5.41, 5.74) is 4.77. The van der Waals surface area contributed by atoms with Crippen molar-refractivity contribution in [3.8, 4) is 0 Å². The van der Waals surface area contributed by atoms with Crippen LogP contribution in [0.4, 0.5) is 10.8 Å². The second-order valence-corrected chi connectivity index (χ2v) is 9.76. The Kier molecular flexibility index (Phi) is 6.52. The molecule has 2 atom stereocenters. The lowest BCUT2D eigenvalue weighted by Gasteiger charge is -2.55. The Morgan fingerprint density at radius 2 is 2.18 bits per heavy atom. The number of nitrogens with zero attached hydrogens (tertiary/aromatic N) is 5. The molecule has 0 bridgehead atoms. The summed E-state index contributed by atoms with van der Waals surface area (Å²) in [6.07, 6.45) is 3.38. The summed E-state index contributed by atoms with van der Waals surface area (Å²) in [7, 11) is 0. The zero-order valence-electron chi connectivity index (χ0n) is 18.2. The molecule has 3 N–H and O–H groups in total. The van der Waals surface area contributed by atoms with E-state index in [0.29, 0.717) is 11.3 Å². The summed E-state index contributed by atoms with van der Waals surface area (Å²) in [4.78, 5) is 48.1. The molecule has 1 unspecified atom stereocenters. The molecule has 4 rings (SSSR count). The van der Waals surface area contributed by atoms with Crippen molar-refractivity contribution < 1.29 is 19.3 Å². The number of anilines is 1. The number of β-lactam (4-membered cyclic amide) rings is 1. The predicted octanol–water partition coefficient (Wildman–Crippen LogP) is 1.68. The molecule has 1 fully saturated rings. The maximum atomic E-state index is 13.4. The minimum Gasteiger partial charge on any atom is -0.392 e. The van der Waals surface area contributed by atoms with E-state index in [1.165, 1.54) is 23.9 Å². The summed E-state index contributed by atoms with van der Waals surface area (Å²) in [6.45, 7) is 3.49. The molecule has 0 aliphatic carbocycles. The van der Waals surface area contributed by atoms with Gasteiger partial charge in [-0.2, -0.15) is 9.36 Å². The van der Waals surface area contributed by atoms with Crippen molar-refractivity contribution in [2.24, 2.45) is 5.16 Å². The van der Waals surface area contributed by atoms with E-state index in [1.54, 1.807) is 37.1 Å². The molecule has 2 amide bonds. The van der Waals surface area contributed by atoms with E-state index in [2.05, 4.69) is 19.8 Å². The number of hydrogen-bond acceptors (Lipinski definition) is 11. The lowest BCUT2D eigenvalue weighted by atomic mass is 9.81. The molecule has 1 aromatic carbocycles. The van der Waals surface area contributed by atoms with E-state index in [4.69, 9.17) is 10.6 Å².